The topological polar surface area (TPSA) is 37.4 Å². The first kappa shape index (κ1) is 16.0. The molecule has 1 saturated heterocycles. The highest BCUT2D eigenvalue weighted by molar-refractivity contribution is 5.35. The van der Waals surface area contributed by atoms with E-state index < -0.39 is 0 Å². The van der Waals surface area contributed by atoms with E-state index in [1.807, 2.05) is 6.07 Å². The van der Waals surface area contributed by atoms with Crippen LogP contribution in [0.25, 0.3) is 0 Å². The maximum atomic E-state index is 5.43. The van der Waals surface area contributed by atoms with Crippen LogP contribution in [-0.2, 0) is 0 Å². The van der Waals surface area contributed by atoms with Crippen LogP contribution in [0.15, 0.2) is 42.5 Å². The summed E-state index contributed by atoms with van der Waals surface area (Å²) in [7, 11) is 1.72. The van der Waals surface area contributed by atoms with Crippen LogP contribution in [0.1, 0.15) is 29.4 Å². The van der Waals surface area contributed by atoms with Gasteiger partial charge >= 0.3 is 0 Å². The summed E-state index contributed by atoms with van der Waals surface area (Å²) in [6, 6.07) is 14.8. The molecule has 0 radical (unpaired) electrons. The van der Waals surface area contributed by atoms with Gasteiger partial charge in [-0.1, -0.05) is 18.2 Å². The van der Waals surface area contributed by atoms with Gasteiger partial charge in [-0.05, 0) is 49.7 Å². The number of aryl methyl sites for hydroxylation is 1. The fourth-order valence-electron chi connectivity index (χ4n) is 3.22. The summed E-state index contributed by atoms with van der Waals surface area (Å²) in [5.74, 6) is 0.896. The van der Waals surface area contributed by atoms with E-state index in [0.717, 1.165) is 49.7 Å². The molecule has 1 aliphatic rings. The van der Waals surface area contributed by atoms with Gasteiger partial charge in [0.25, 0.3) is 0 Å². The molecule has 0 bridgehead atoms. The zero-order valence-electron chi connectivity index (χ0n) is 14.0. The molecule has 2 aromatic rings. The van der Waals surface area contributed by atoms with Gasteiger partial charge in [-0.2, -0.15) is 0 Å². The monoisotopic (exact) mass is 311 g/mol. The number of hydrogen-bond acceptors (Lipinski definition) is 4. The van der Waals surface area contributed by atoms with Crippen molar-refractivity contribution >= 4 is 0 Å². The van der Waals surface area contributed by atoms with E-state index in [1.165, 1.54) is 5.56 Å². The van der Waals surface area contributed by atoms with Gasteiger partial charge in [-0.25, -0.2) is 0 Å². The Bertz CT molecular complexity index is 636. The van der Waals surface area contributed by atoms with Crippen LogP contribution in [0.2, 0.25) is 0 Å². The number of benzene rings is 1. The molecule has 1 atom stereocenters. The van der Waals surface area contributed by atoms with E-state index in [0.29, 0.717) is 0 Å². The van der Waals surface area contributed by atoms with Crippen molar-refractivity contribution in [2.45, 2.75) is 19.4 Å². The molecule has 0 saturated carbocycles. The third-order valence-electron chi connectivity index (χ3n) is 4.34. The van der Waals surface area contributed by atoms with Crippen molar-refractivity contribution < 1.29 is 4.74 Å². The van der Waals surface area contributed by atoms with E-state index in [4.69, 9.17) is 9.72 Å². The highest BCUT2D eigenvalue weighted by Crippen LogP contribution is 2.30. The minimum Gasteiger partial charge on any atom is -0.497 e. The van der Waals surface area contributed by atoms with Gasteiger partial charge < -0.3 is 10.1 Å². The molecule has 4 nitrogen and oxygen atoms in total. The van der Waals surface area contributed by atoms with E-state index >= 15 is 0 Å². The Morgan fingerprint density at radius 3 is 2.83 bits per heavy atom. The molecule has 0 aliphatic carbocycles. The molecule has 1 aromatic carbocycles. The second kappa shape index (κ2) is 7.57. The van der Waals surface area contributed by atoms with Crippen molar-refractivity contribution in [3.8, 4) is 5.75 Å². The number of nitrogens with one attached hydrogen (secondary N) is 1. The average molecular weight is 311 g/mol. The largest absolute Gasteiger partial charge is 0.497 e. The molecule has 1 aliphatic heterocycles. The first-order valence-corrected chi connectivity index (χ1v) is 8.30. The number of aromatic nitrogens is 1. The minimum atomic E-state index is 0.171. The Hall–Kier alpha value is -1.91. The Morgan fingerprint density at radius 2 is 2.00 bits per heavy atom. The smallest absolute Gasteiger partial charge is 0.119 e. The normalized spacial score (nSPS) is 17.5. The van der Waals surface area contributed by atoms with Gasteiger partial charge in [-0.15, -0.1) is 0 Å². The zero-order chi connectivity index (χ0) is 16.1. The van der Waals surface area contributed by atoms with Crippen LogP contribution in [0.3, 0.4) is 0 Å². The third-order valence-corrected chi connectivity index (χ3v) is 4.34. The standard InChI is InChI=1S/C19H25N3O/c1-15-6-3-9-18(21-15)19(22-12-5-10-20-11-13-22)16-7-4-8-17(14-16)23-2/h3-4,6-9,14,19-20H,5,10-13H2,1-2H3. The number of rotatable bonds is 4. The van der Waals surface area contributed by atoms with Gasteiger partial charge in [0, 0.05) is 25.3 Å². The van der Waals surface area contributed by atoms with Gasteiger partial charge in [0.1, 0.15) is 5.75 Å². The molecular formula is C19H25N3O. The van der Waals surface area contributed by atoms with Crippen molar-refractivity contribution in [2.24, 2.45) is 0 Å². The zero-order valence-corrected chi connectivity index (χ0v) is 14.0. The molecule has 122 valence electrons. The summed E-state index contributed by atoms with van der Waals surface area (Å²) in [6.45, 7) is 6.26. The summed E-state index contributed by atoms with van der Waals surface area (Å²) in [5.41, 5.74) is 3.41. The van der Waals surface area contributed by atoms with Crippen LogP contribution in [0.5, 0.6) is 5.75 Å². The van der Waals surface area contributed by atoms with Gasteiger partial charge in [0.05, 0.1) is 18.8 Å². The quantitative estimate of drug-likeness (QED) is 0.942. The maximum Gasteiger partial charge on any atom is 0.119 e. The van der Waals surface area contributed by atoms with Gasteiger partial charge in [0.2, 0.25) is 0 Å². The minimum absolute atomic E-state index is 0.171. The molecule has 23 heavy (non-hydrogen) atoms. The summed E-state index contributed by atoms with van der Waals surface area (Å²) in [5, 5.41) is 3.48. The highest BCUT2D eigenvalue weighted by atomic mass is 16.5. The Kier molecular flexibility index (Phi) is 5.26. The third kappa shape index (κ3) is 3.89. The average Bonchev–Trinajstić information content (AvgIpc) is 2.85. The van der Waals surface area contributed by atoms with Gasteiger partial charge in [0.15, 0.2) is 0 Å². The maximum absolute atomic E-state index is 5.43. The number of nitrogens with zero attached hydrogens (tertiary/aromatic N) is 2. The lowest BCUT2D eigenvalue weighted by atomic mass is 10.00. The van der Waals surface area contributed by atoms with Crippen molar-refractivity contribution in [3.63, 3.8) is 0 Å². The first-order chi connectivity index (χ1) is 11.3. The van der Waals surface area contributed by atoms with Crippen LogP contribution in [0, 0.1) is 6.92 Å². The Labute approximate surface area is 138 Å². The van der Waals surface area contributed by atoms with Crippen LogP contribution >= 0.6 is 0 Å². The molecule has 4 heteroatoms. The van der Waals surface area contributed by atoms with Crippen molar-refractivity contribution in [1.29, 1.82) is 0 Å². The summed E-state index contributed by atoms with van der Waals surface area (Å²) in [6.07, 6.45) is 1.16. The van der Waals surface area contributed by atoms with E-state index in [1.54, 1.807) is 7.11 Å². The van der Waals surface area contributed by atoms with E-state index in [-0.39, 0.29) is 6.04 Å². The number of methoxy groups -OCH3 is 1. The molecule has 1 aromatic heterocycles. The van der Waals surface area contributed by atoms with Gasteiger partial charge in [-0.3, -0.25) is 9.88 Å². The summed E-state index contributed by atoms with van der Waals surface area (Å²) < 4.78 is 5.43. The lowest BCUT2D eigenvalue weighted by molar-refractivity contribution is 0.237. The Balaban J connectivity index is 2.01. The fourth-order valence-corrected chi connectivity index (χ4v) is 3.22. The number of hydrogen-bond donors (Lipinski definition) is 1. The van der Waals surface area contributed by atoms with E-state index in [9.17, 15) is 0 Å². The second-order valence-electron chi connectivity index (χ2n) is 6.02. The molecule has 1 N–H and O–H groups in total. The Morgan fingerprint density at radius 1 is 1.13 bits per heavy atom. The number of pyridine rings is 1. The molecule has 0 amide bonds. The molecule has 0 spiro atoms. The summed E-state index contributed by atoms with van der Waals surface area (Å²) >= 11 is 0. The molecule has 1 fully saturated rings. The lowest BCUT2D eigenvalue weighted by Crippen LogP contribution is -2.33. The molecule has 2 heterocycles. The van der Waals surface area contributed by atoms with Crippen molar-refractivity contribution in [1.82, 2.24) is 15.2 Å². The van der Waals surface area contributed by atoms with E-state index in [2.05, 4.69) is 53.5 Å². The predicted molar refractivity (Wildman–Crippen MR) is 92.9 cm³/mol. The molecule has 3 rings (SSSR count). The lowest BCUT2D eigenvalue weighted by Gasteiger charge is -2.30. The SMILES string of the molecule is COc1cccc(C(c2cccc(C)n2)N2CCCNCC2)c1. The highest BCUT2D eigenvalue weighted by Gasteiger charge is 2.24. The van der Waals surface area contributed by atoms with Crippen molar-refractivity contribution in [2.75, 3.05) is 33.3 Å². The predicted octanol–water partition coefficient (Wildman–Crippen LogP) is 2.78. The summed E-state index contributed by atoms with van der Waals surface area (Å²) in [4.78, 5) is 7.33. The fraction of sp³-hybridized carbons (Fsp3) is 0.421. The first-order valence-electron chi connectivity index (χ1n) is 8.30. The molecular weight excluding hydrogens is 286 g/mol. The second-order valence-corrected chi connectivity index (χ2v) is 6.02. The number of ether oxygens (including phenoxy) is 1. The molecule has 1 unspecified atom stereocenters. The van der Waals surface area contributed by atoms with Crippen LogP contribution in [-0.4, -0.2) is 43.2 Å². The van der Waals surface area contributed by atoms with Crippen LogP contribution < -0.4 is 10.1 Å². The van der Waals surface area contributed by atoms with Crippen molar-refractivity contribution in [3.05, 3.63) is 59.4 Å². The van der Waals surface area contributed by atoms with Crippen LogP contribution in [0.4, 0.5) is 0 Å².